The van der Waals surface area contributed by atoms with Gasteiger partial charge in [0.2, 0.25) is 0 Å². The van der Waals surface area contributed by atoms with E-state index in [-0.39, 0.29) is 5.91 Å². The van der Waals surface area contributed by atoms with Crippen LogP contribution in [-0.4, -0.2) is 54.2 Å². The molecule has 1 N–H and O–H groups in total. The number of rotatable bonds is 6. The van der Waals surface area contributed by atoms with Gasteiger partial charge in [0.15, 0.2) is 0 Å². The minimum Gasteiger partial charge on any atom is -0.378 e. The fourth-order valence-electron chi connectivity index (χ4n) is 3.30. The molecule has 0 saturated carbocycles. The minimum atomic E-state index is -0.271. The van der Waals surface area contributed by atoms with Gasteiger partial charge in [-0.15, -0.1) is 0 Å². The molecule has 1 aliphatic heterocycles. The van der Waals surface area contributed by atoms with Crippen LogP contribution in [0.5, 0.6) is 0 Å². The molecule has 3 aromatic rings. The third kappa shape index (κ3) is 4.90. The molecule has 2 aromatic heterocycles. The number of morpholine rings is 1. The van der Waals surface area contributed by atoms with Crippen molar-refractivity contribution in [3.63, 3.8) is 0 Å². The molecular formula is C22H24N6O2. The molecule has 8 heteroatoms. The molecule has 1 aliphatic rings. The number of nitrogens with one attached hydrogen (secondary N) is 1. The number of pyridine rings is 1. The highest BCUT2D eigenvalue weighted by Crippen LogP contribution is 2.20. The Bertz CT molecular complexity index is 974. The number of hydrogen-bond donors (Lipinski definition) is 1. The number of carbonyl (C=O) groups is 1. The summed E-state index contributed by atoms with van der Waals surface area (Å²) in [5.41, 5.74) is 3.22. The van der Waals surface area contributed by atoms with Gasteiger partial charge < -0.3 is 19.9 Å². The van der Waals surface area contributed by atoms with Crippen molar-refractivity contribution < 1.29 is 9.53 Å². The molecule has 0 unspecified atom stereocenters. The Labute approximate surface area is 175 Å². The van der Waals surface area contributed by atoms with Gasteiger partial charge in [-0.05, 0) is 35.9 Å². The Hall–Kier alpha value is -3.52. The van der Waals surface area contributed by atoms with Gasteiger partial charge in [0.1, 0.15) is 17.8 Å². The smallest absolute Gasteiger partial charge is 0.274 e. The second-order valence-corrected chi connectivity index (χ2v) is 7.08. The summed E-state index contributed by atoms with van der Waals surface area (Å²) < 4.78 is 5.39. The SMILES string of the molecule is CN(Cc1cccnc1)c1cc(C(=O)Nc2ccc(N3CCOCC3)cc2)ncn1. The van der Waals surface area contributed by atoms with E-state index in [2.05, 4.69) is 25.2 Å². The normalized spacial score (nSPS) is 13.7. The van der Waals surface area contributed by atoms with Gasteiger partial charge in [-0.2, -0.15) is 0 Å². The van der Waals surface area contributed by atoms with Crippen molar-refractivity contribution in [2.24, 2.45) is 0 Å². The average Bonchev–Trinajstić information content (AvgIpc) is 2.81. The van der Waals surface area contributed by atoms with Crippen molar-refractivity contribution in [1.82, 2.24) is 15.0 Å². The maximum atomic E-state index is 12.7. The lowest BCUT2D eigenvalue weighted by Gasteiger charge is -2.28. The molecule has 3 heterocycles. The molecule has 8 nitrogen and oxygen atoms in total. The van der Waals surface area contributed by atoms with E-state index in [1.165, 1.54) is 6.33 Å². The van der Waals surface area contributed by atoms with E-state index >= 15 is 0 Å². The fourth-order valence-corrected chi connectivity index (χ4v) is 3.30. The summed E-state index contributed by atoms with van der Waals surface area (Å²) in [6.45, 7) is 3.87. The first-order valence-corrected chi connectivity index (χ1v) is 9.85. The van der Waals surface area contributed by atoms with Crippen LogP contribution in [0.2, 0.25) is 0 Å². The van der Waals surface area contributed by atoms with Gasteiger partial charge in [-0.1, -0.05) is 6.07 Å². The summed E-state index contributed by atoms with van der Waals surface area (Å²) in [7, 11) is 1.92. The van der Waals surface area contributed by atoms with Crippen molar-refractivity contribution in [3.05, 3.63) is 72.4 Å². The molecule has 0 aliphatic carbocycles. The first kappa shape index (κ1) is 19.8. The summed E-state index contributed by atoms with van der Waals surface area (Å²) in [5.74, 6) is 0.397. The van der Waals surface area contributed by atoms with Crippen LogP contribution in [0.1, 0.15) is 16.1 Å². The molecule has 0 spiro atoms. The lowest BCUT2D eigenvalue weighted by Crippen LogP contribution is -2.36. The van der Waals surface area contributed by atoms with Crippen LogP contribution in [0.25, 0.3) is 0 Å². The Balaban J connectivity index is 1.40. The van der Waals surface area contributed by atoms with Crippen molar-refractivity contribution in [2.75, 3.05) is 48.5 Å². The van der Waals surface area contributed by atoms with Crippen LogP contribution in [0.3, 0.4) is 0 Å². The van der Waals surface area contributed by atoms with E-state index in [1.54, 1.807) is 12.3 Å². The van der Waals surface area contributed by atoms with E-state index in [9.17, 15) is 4.79 Å². The topological polar surface area (TPSA) is 83.5 Å². The van der Waals surface area contributed by atoms with Crippen LogP contribution >= 0.6 is 0 Å². The number of carbonyl (C=O) groups excluding carboxylic acids is 1. The van der Waals surface area contributed by atoms with E-state index in [0.29, 0.717) is 18.1 Å². The molecule has 0 atom stereocenters. The highest BCUT2D eigenvalue weighted by molar-refractivity contribution is 6.03. The zero-order valence-corrected chi connectivity index (χ0v) is 16.9. The summed E-state index contributed by atoms with van der Waals surface area (Å²) in [6, 6.07) is 13.4. The Morgan fingerprint density at radius 1 is 1.17 bits per heavy atom. The number of hydrogen-bond acceptors (Lipinski definition) is 7. The maximum Gasteiger partial charge on any atom is 0.274 e. The third-order valence-corrected chi connectivity index (χ3v) is 4.92. The zero-order valence-electron chi connectivity index (χ0n) is 16.9. The second kappa shape index (κ2) is 9.32. The first-order valence-electron chi connectivity index (χ1n) is 9.85. The van der Waals surface area contributed by atoms with Gasteiger partial charge in [-0.3, -0.25) is 9.78 Å². The zero-order chi connectivity index (χ0) is 20.8. The number of aromatic nitrogens is 3. The lowest BCUT2D eigenvalue weighted by molar-refractivity contribution is 0.102. The molecule has 0 bridgehead atoms. The van der Waals surface area contributed by atoms with Crippen molar-refractivity contribution in [1.29, 1.82) is 0 Å². The number of amides is 1. The Kier molecular flexibility index (Phi) is 6.14. The summed E-state index contributed by atoms with van der Waals surface area (Å²) in [5, 5.41) is 2.90. The van der Waals surface area contributed by atoms with Gasteiger partial charge in [0.25, 0.3) is 5.91 Å². The maximum absolute atomic E-state index is 12.7. The minimum absolute atomic E-state index is 0.271. The summed E-state index contributed by atoms with van der Waals surface area (Å²) in [4.78, 5) is 29.4. The Morgan fingerprint density at radius 3 is 2.70 bits per heavy atom. The highest BCUT2D eigenvalue weighted by Gasteiger charge is 2.13. The number of anilines is 3. The largest absolute Gasteiger partial charge is 0.378 e. The molecule has 30 heavy (non-hydrogen) atoms. The van der Waals surface area contributed by atoms with E-state index in [4.69, 9.17) is 4.74 Å². The lowest BCUT2D eigenvalue weighted by atomic mass is 10.2. The molecular weight excluding hydrogens is 380 g/mol. The summed E-state index contributed by atoms with van der Waals surface area (Å²) >= 11 is 0. The fraction of sp³-hybridized carbons (Fsp3) is 0.273. The van der Waals surface area contributed by atoms with Crippen LogP contribution < -0.4 is 15.1 Å². The van der Waals surface area contributed by atoms with E-state index in [0.717, 1.165) is 43.2 Å². The van der Waals surface area contributed by atoms with Crippen molar-refractivity contribution in [3.8, 4) is 0 Å². The van der Waals surface area contributed by atoms with E-state index < -0.39 is 0 Å². The molecule has 1 amide bonds. The predicted molar refractivity (Wildman–Crippen MR) is 116 cm³/mol. The number of ether oxygens (including phenoxy) is 1. The molecule has 1 fully saturated rings. The number of benzene rings is 1. The highest BCUT2D eigenvalue weighted by atomic mass is 16.5. The van der Waals surface area contributed by atoms with Gasteiger partial charge >= 0.3 is 0 Å². The molecule has 4 rings (SSSR count). The monoisotopic (exact) mass is 404 g/mol. The van der Waals surface area contributed by atoms with Crippen molar-refractivity contribution >= 4 is 23.1 Å². The molecule has 1 saturated heterocycles. The quantitative estimate of drug-likeness (QED) is 0.676. The summed E-state index contributed by atoms with van der Waals surface area (Å²) in [6.07, 6.45) is 4.96. The van der Waals surface area contributed by atoms with Gasteiger partial charge in [-0.25, -0.2) is 9.97 Å². The van der Waals surface area contributed by atoms with Crippen LogP contribution in [0.4, 0.5) is 17.2 Å². The van der Waals surface area contributed by atoms with E-state index in [1.807, 2.05) is 54.5 Å². The van der Waals surface area contributed by atoms with Crippen LogP contribution in [0, 0.1) is 0 Å². The molecule has 154 valence electrons. The average molecular weight is 404 g/mol. The van der Waals surface area contributed by atoms with Gasteiger partial charge in [0.05, 0.1) is 13.2 Å². The van der Waals surface area contributed by atoms with Crippen LogP contribution in [0.15, 0.2) is 61.2 Å². The number of nitrogens with zero attached hydrogens (tertiary/aromatic N) is 5. The third-order valence-electron chi connectivity index (χ3n) is 4.92. The van der Waals surface area contributed by atoms with Gasteiger partial charge in [0, 0.05) is 56.5 Å². The predicted octanol–water partition coefficient (Wildman–Crippen LogP) is 2.60. The standard InChI is InChI=1S/C22H24N6O2/c1-27(15-17-3-2-8-23-14-17)21-13-20(24-16-25-21)22(29)26-18-4-6-19(7-5-18)28-9-11-30-12-10-28/h2-8,13-14,16H,9-12,15H2,1H3,(H,26,29). The van der Waals surface area contributed by atoms with Crippen LogP contribution in [-0.2, 0) is 11.3 Å². The Morgan fingerprint density at radius 2 is 1.97 bits per heavy atom. The second-order valence-electron chi connectivity index (χ2n) is 7.08. The van der Waals surface area contributed by atoms with Crippen molar-refractivity contribution in [2.45, 2.75) is 6.54 Å². The first-order chi connectivity index (χ1) is 14.7. The molecule has 1 aromatic carbocycles. The molecule has 0 radical (unpaired) electrons.